The van der Waals surface area contributed by atoms with Crippen LogP contribution in [0.4, 0.5) is 21.6 Å². The number of carbonyl (C=O) groups is 2. The Morgan fingerprint density at radius 1 is 1.27 bits per heavy atom. The summed E-state index contributed by atoms with van der Waals surface area (Å²) in [6.45, 7) is 3.21. The lowest BCUT2D eigenvalue weighted by molar-refractivity contribution is -0.155. The van der Waals surface area contributed by atoms with E-state index in [1.165, 1.54) is 24.5 Å². The fourth-order valence-corrected chi connectivity index (χ4v) is 3.58. The minimum absolute atomic E-state index is 0.00561. The number of amides is 1. The first-order chi connectivity index (χ1) is 15.9. The molecule has 1 saturated heterocycles. The lowest BCUT2D eigenvalue weighted by atomic mass is 10.2. The predicted octanol–water partition coefficient (Wildman–Crippen LogP) is 3.91. The number of nitrogens with zero attached hydrogens (tertiary/aromatic N) is 3. The molecule has 4 rings (SSSR count). The monoisotopic (exact) mass is 469 g/mol. The van der Waals surface area contributed by atoms with Crippen LogP contribution in [0.3, 0.4) is 0 Å². The van der Waals surface area contributed by atoms with E-state index in [0.29, 0.717) is 47.8 Å². The van der Waals surface area contributed by atoms with Gasteiger partial charge in [-0.05, 0) is 43.3 Å². The number of rotatable bonds is 6. The van der Waals surface area contributed by atoms with Gasteiger partial charge in [0, 0.05) is 35.9 Å². The molecule has 2 N–H and O–H groups in total. The number of halogens is 2. The number of cyclic esters (lactones) is 1. The third-order valence-corrected chi connectivity index (χ3v) is 5.50. The molecule has 1 aromatic heterocycles. The maximum Gasteiger partial charge on any atom is 0.323 e. The molecule has 2 heterocycles. The van der Waals surface area contributed by atoms with Crippen LogP contribution >= 0.6 is 11.6 Å². The molecule has 8 nitrogen and oxygen atoms in total. The summed E-state index contributed by atoms with van der Waals surface area (Å²) in [6.07, 6.45) is 4.55. The number of hydrogen-bond donors (Lipinski definition) is 2. The van der Waals surface area contributed by atoms with E-state index in [2.05, 4.69) is 20.6 Å². The van der Waals surface area contributed by atoms with Crippen molar-refractivity contribution in [2.45, 2.75) is 13.0 Å². The smallest absolute Gasteiger partial charge is 0.323 e. The molecule has 1 aliphatic heterocycles. The molecule has 1 amide bonds. The van der Waals surface area contributed by atoms with Gasteiger partial charge in [0.1, 0.15) is 30.6 Å². The molecular formula is C23H21ClFN5O3. The second-order valence-electron chi connectivity index (χ2n) is 7.44. The second kappa shape index (κ2) is 9.93. The summed E-state index contributed by atoms with van der Waals surface area (Å²) in [6, 6.07) is 9.19. The maximum absolute atomic E-state index is 13.4. The summed E-state index contributed by atoms with van der Waals surface area (Å²) < 4.78 is 18.4. The van der Waals surface area contributed by atoms with Gasteiger partial charge >= 0.3 is 5.97 Å². The predicted molar refractivity (Wildman–Crippen MR) is 124 cm³/mol. The zero-order chi connectivity index (χ0) is 23.4. The highest BCUT2D eigenvalue weighted by molar-refractivity contribution is 6.31. The molecule has 3 aromatic rings. The summed E-state index contributed by atoms with van der Waals surface area (Å²) in [5, 5.41) is 6.57. The lowest BCUT2D eigenvalue weighted by Crippen LogP contribution is -2.47. The Morgan fingerprint density at radius 3 is 2.91 bits per heavy atom. The molecule has 0 radical (unpaired) electrons. The highest BCUT2D eigenvalue weighted by Crippen LogP contribution is 2.27. The summed E-state index contributed by atoms with van der Waals surface area (Å²) in [5.41, 5.74) is 1.79. The molecule has 1 atom stereocenters. The molecular weight excluding hydrogens is 449 g/mol. The summed E-state index contributed by atoms with van der Waals surface area (Å²) in [4.78, 5) is 34.4. The quantitative estimate of drug-likeness (QED) is 0.417. The summed E-state index contributed by atoms with van der Waals surface area (Å²) >= 11 is 5.86. The van der Waals surface area contributed by atoms with Crippen LogP contribution < -0.4 is 10.6 Å². The van der Waals surface area contributed by atoms with Crippen molar-refractivity contribution < 1.29 is 18.7 Å². The number of benzene rings is 2. The highest BCUT2D eigenvalue weighted by atomic mass is 35.5. The topological polar surface area (TPSA) is 96.5 Å². The summed E-state index contributed by atoms with van der Waals surface area (Å²) in [7, 11) is 0. The van der Waals surface area contributed by atoms with Crippen molar-refractivity contribution in [1.29, 1.82) is 0 Å². The molecule has 170 valence electrons. The van der Waals surface area contributed by atoms with Crippen LogP contribution in [-0.2, 0) is 14.3 Å². The normalized spacial score (nSPS) is 16.7. The van der Waals surface area contributed by atoms with Crippen LogP contribution in [0.15, 0.2) is 54.9 Å². The number of morpholine rings is 1. The number of hydrogen-bond acceptors (Lipinski definition) is 7. The van der Waals surface area contributed by atoms with Gasteiger partial charge in [0.15, 0.2) is 0 Å². The van der Waals surface area contributed by atoms with Gasteiger partial charge < -0.3 is 15.4 Å². The average molecular weight is 470 g/mol. The zero-order valence-corrected chi connectivity index (χ0v) is 18.5. The van der Waals surface area contributed by atoms with E-state index >= 15 is 0 Å². The fourth-order valence-electron chi connectivity index (χ4n) is 3.40. The first kappa shape index (κ1) is 22.6. The Hall–Kier alpha value is -3.56. The number of anilines is 3. The molecule has 0 saturated carbocycles. The molecule has 0 spiro atoms. The van der Waals surface area contributed by atoms with Crippen molar-refractivity contribution in [3.63, 3.8) is 0 Å². The van der Waals surface area contributed by atoms with E-state index in [1.807, 2.05) is 4.90 Å². The molecule has 1 aliphatic rings. The molecule has 33 heavy (non-hydrogen) atoms. The largest absolute Gasteiger partial charge is 0.463 e. The first-order valence-electron chi connectivity index (χ1n) is 10.3. The van der Waals surface area contributed by atoms with E-state index in [-0.39, 0.29) is 22.9 Å². The average Bonchev–Trinajstić information content (AvgIpc) is 2.79. The number of nitrogens with one attached hydrogen (secondary N) is 2. The van der Waals surface area contributed by atoms with Crippen molar-refractivity contribution in [1.82, 2.24) is 14.9 Å². The Bertz CT molecular complexity index is 1240. The van der Waals surface area contributed by atoms with E-state index in [9.17, 15) is 14.0 Å². The van der Waals surface area contributed by atoms with Gasteiger partial charge in [0.25, 0.3) is 0 Å². The number of aromatic nitrogens is 2. The van der Waals surface area contributed by atoms with Crippen molar-refractivity contribution in [3.05, 3.63) is 65.7 Å². The van der Waals surface area contributed by atoms with Crippen molar-refractivity contribution in [2.75, 3.05) is 30.3 Å². The van der Waals surface area contributed by atoms with Crippen molar-refractivity contribution in [3.8, 4) is 0 Å². The minimum atomic E-state index is -0.512. The van der Waals surface area contributed by atoms with Crippen molar-refractivity contribution in [2.24, 2.45) is 0 Å². The highest BCUT2D eigenvalue weighted by Gasteiger charge is 2.26. The number of fused-ring (bicyclic) bond motifs is 1. The molecule has 1 fully saturated rings. The van der Waals surface area contributed by atoms with Gasteiger partial charge in [-0.3, -0.25) is 14.5 Å². The van der Waals surface area contributed by atoms with Gasteiger partial charge in [0.05, 0.1) is 10.5 Å². The van der Waals surface area contributed by atoms with Crippen LogP contribution in [0.5, 0.6) is 0 Å². The second-order valence-corrected chi connectivity index (χ2v) is 7.85. The fraction of sp³-hybridized carbons (Fsp3) is 0.217. The van der Waals surface area contributed by atoms with Crippen molar-refractivity contribution >= 4 is 51.6 Å². The third kappa shape index (κ3) is 5.44. The molecule has 0 unspecified atom stereocenters. The number of ether oxygens (including phenoxy) is 1. The standard InChI is InChI=1S/C23H21ClFN5O3/c1-14-23(32)33-10-9-30(14)8-2-3-21(31)28-15-5-7-20-17(11-15)22(27-13-26-20)29-16-4-6-19(25)18(24)12-16/h2-7,11-14H,8-10H2,1H3,(H,28,31)(H,26,27,29)/b3-2+/t14-/m0/s1. The Morgan fingerprint density at radius 2 is 2.09 bits per heavy atom. The van der Waals surface area contributed by atoms with Crippen LogP contribution in [0.25, 0.3) is 10.9 Å². The van der Waals surface area contributed by atoms with Gasteiger partial charge in [0.2, 0.25) is 5.91 Å². The van der Waals surface area contributed by atoms with Crippen LogP contribution in [-0.4, -0.2) is 52.5 Å². The van der Waals surface area contributed by atoms with E-state index in [1.54, 1.807) is 37.3 Å². The Balaban J connectivity index is 1.45. The number of esters is 1. The van der Waals surface area contributed by atoms with Gasteiger partial charge in [-0.25, -0.2) is 14.4 Å². The number of carbonyl (C=O) groups excluding carboxylic acids is 2. The van der Waals surface area contributed by atoms with Crippen LogP contribution in [0.2, 0.25) is 5.02 Å². The molecule has 2 aromatic carbocycles. The van der Waals surface area contributed by atoms with Gasteiger partial charge in [-0.1, -0.05) is 17.7 Å². The first-order valence-corrected chi connectivity index (χ1v) is 10.6. The molecule has 10 heteroatoms. The SMILES string of the molecule is C[C@H]1C(=O)OCCN1C/C=C/C(=O)Nc1ccc2ncnc(Nc3ccc(F)c(Cl)c3)c2c1. The lowest BCUT2D eigenvalue weighted by Gasteiger charge is -2.30. The van der Waals surface area contributed by atoms with Crippen LogP contribution in [0, 0.1) is 5.82 Å². The molecule has 0 bridgehead atoms. The van der Waals surface area contributed by atoms with E-state index in [4.69, 9.17) is 16.3 Å². The van der Waals surface area contributed by atoms with Gasteiger partial charge in [-0.15, -0.1) is 0 Å². The van der Waals surface area contributed by atoms with E-state index < -0.39 is 5.82 Å². The van der Waals surface area contributed by atoms with E-state index in [0.717, 1.165) is 0 Å². The van der Waals surface area contributed by atoms with Crippen LogP contribution in [0.1, 0.15) is 6.92 Å². The van der Waals surface area contributed by atoms with Gasteiger partial charge in [-0.2, -0.15) is 0 Å². The molecule has 0 aliphatic carbocycles. The Labute approximate surface area is 194 Å². The Kier molecular flexibility index (Phi) is 6.81. The zero-order valence-electron chi connectivity index (χ0n) is 17.7. The third-order valence-electron chi connectivity index (χ3n) is 5.21. The maximum atomic E-state index is 13.4. The summed E-state index contributed by atoms with van der Waals surface area (Å²) in [5.74, 6) is -0.592. The minimum Gasteiger partial charge on any atom is -0.463 e.